The summed E-state index contributed by atoms with van der Waals surface area (Å²) >= 11 is 0. The fourth-order valence-electron chi connectivity index (χ4n) is 2.47. The lowest BCUT2D eigenvalue weighted by molar-refractivity contribution is -0.120. The maximum absolute atomic E-state index is 12.2. The van der Waals surface area contributed by atoms with Crippen LogP contribution in [0.4, 0.5) is 0 Å². The van der Waals surface area contributed by atoms with Crippen LogP contribution in [0.3, 0.4) is 0 Å². The average molecular weight is 369 g/mol. The topological polar surface area (TPSA) is 129 Å². The van der Waals surface area contributed by atoms with Crippen molar-refractivity contribution in [1.82, 2.24) is 26.1 Å². The molecule has 0 bridgehead atoms. The van der Waals surface area contributed by atoms with Gasteiger partial charge in [0.05, 0.1) is 11.8 Å². The molecule has 0 aliphatic carbocycles. The lowest BCUT2D eigenvalue weighted by Gasteiger charge is -2.07. The Labute approximate surface area is 154 Å². The highest BCUT2D eigenvalue weighted by molar-refractivity contribution is 6.04. The van der Waals surface area contributed by atoms with Gasteiger partial charge in [-0.2, -0.15) is 5.10 Å². The summed E-state index contributed by atoms with van der Waals surface area (Å²) in [6.45, 7) is 0.737. The first-order valence-corrected chi connectivity index (χ1v) is 8.45. The van der Waals surface area contributed by atoms with Gasteiger partial charge in [0.15, 0.2) is 11.5 Å². The van der Waals surface area contributed by atoms with Crippen LogP contribution in [-0.2, 0) is 4.79 Å². The lowest BCUT2D eigenvalue weighted by Crippen LogP contribution is -2.36. The van der Waals surface area contributed by atoms with E-state index in [1.54, 1.807) is 12.1 Å². The molecule has 9 heteroatoms. The summed E-state index contributed by atoms with van der Waals surface area (Å²) in [6.07, 6.45) is 1.53. The summed E-state index contributed by atoms with van der Waals surface area (Å²) in [4.78, 5) is 35.5. The lowest BCUT2D eigenvalue weighted by atomic mass is 10.2. The molecule has 0 saturated carbocycles. The molecule has 140 valence electrons. The highest BCUT2D eigenvalue weighted by Gasteiger charge is 2.13. The smallest absolute Gasteiger partial charge is 0.286 e. The van der Waals surface area contributed by atoms with Crippen molar-refractivity contribution in [2.75, 3.05) is 19.6 Å². The van der Waals surface area contributed by atoms with Gasteiger partial charge in [-0.3, -0.25) is 19.5 Å². The Bertz CT molecular complexity index is 932. The van der Waals surface area contributed by atoms with Crippen molar-refractivity contribution in [3.05, 3.63) is 54.1 Å². The number of furan rings is 1. The monoisotopic (exact) mass is 369 g/mol. The van der Waals surface area contributed by atoms with Gasteiger partial charge in [0, 0.05) is 31.4 Å². The van der Waals surface area contributed by atoms with Crippen molar-refractivity contribution in [1.29, 1.82) is 0 Å². The van der Waals surface area contributed by atoms with E-state index >= 15 is 0 Å². The molecule has 3 amide bonds. The van der Waals surface area contributed by atoms with Gasteiger partial charge in [0.1, 0.15) is 0 Å². The van der Waals surface area contributed by atoms with Crippen LogP contribution < -0.4 is 16.0 Å². The molecule has 0 unspecified atom stereocenters. The van der Waals surface area contributed by atoms with Crippen molar-refractivity contribution >= 4 is 28.6 Å². The highest BCUT2D eigenvalue weighted by atomic mass is 16.3. The standard InChI is InChI=1S/C18H19N5O4/c24-15(7-8-20-17(25)14-6-3-11-27-14)19-9-10-21-18(26)16-12-4-1-2-5-13(12)22-23-16/h1-6,11H,7-10H2,(H,19,24)(H,20,25)(H,21,26)(H,22,23). The number of fused-ring (bicyclic) bond motifs is 1. The SMILES string of the molecule is O=C(CCNC(=O)c1ccco1)NCCNC(=O)c1n[nH]c2ccccc12. The van der Waals surface area contributed by atoms with Crippen LogP contribution in [0.15, 0.2) is 47.1 Å². The third kappa shape index (κ3) is 4.72. The van der Waals surface area contributed by atoms with Gasteiger partial charge < -0.3 is 20.4 Å². The fourth-order valence-corrected chi connectivity index (χ4v) is 2.47. The molecule has 4 N–H and O–H groups in total. The summed E-state index contributed by atoms with van der Waals surface area (Å²) in [5.74, 6) is -0.711. The fraction of sp³-hybridized carbons (Fsp3) is 0.222. The zero-order valence-corrected chi connectivity index (χ0v) is 14.5. The first-order chi connectivity index (χ1) is 13.1. The Morgan fingerprint density at radius 1 is 0.926 bits per heavy atom. The van der Waals surface area contributed by atoms with Gasteiger partial charge >= 0.3 is 0 Å². The molecule has 3 rings (SSSR count). The largest absolute Gasteiger partial charge is 0.459 e. The normalized spacial score (nSPS) is 10.5. The van der Waals surface area contributed by atoms with Gasteiger partial charge in [0.2, 0.25) is 5.91 Å². The Morgan fingerprint density at radius 2 is 1.70 bits per heavy atom. The van der Waals surface area contributed by atoms with Crippen molar-refractivity contribution in [2.24, 2.45) is 0 Å². The van der Waals surface area contributed by atoms with E-state index in [1.165, 1.54) is 6.26 Å². The predicted octanol–water partition coefficient (Wildman–Crippen LogP) is 0.822. The van der Waals surface area contributed by atoms with Crippen molar-refractivity contribution in [2.45, 2.75) is 6.42 Å². The van der Waals surface area contributed by atoms with Crippen LogP contribution in [0.1, 0.15) is 27.5 Å². The molecule has 0 fully saturated rings. The van der Waals surface area contributed by atoms with Crippen LogP contribution in [-0.4, -0.2) is 47.6 Å². The minimum atomic E-state index is -0.369. The molecule has 0 spiro atoms. The number of aromatic amines is 1. The van der Waals surface area contributed by atoms with Crippen molar-refractivity contribution in [3.8, 4) is 0 Å². The van der Waals surface area contributed by atoms with Gasteiger partial charge in [-0.1, -0.05) is 18.2 Å². The maximum Gasteiger partial charge on any atom is 0.286 e. The number of aromatic nitrogens is 2. The number of hydrogen-bond donors (Lipinski definition) is 4. The van der Waals surface area contributed by atoms with E-state index in [2.05, 4.69) is 26.1 Å². The molecule has 2 heterocycles. The van der Waals surface area contributed by atoms with E-state index in [1.807, 2.05) is 24.3 Å². The van der Waals surface area contributed by atoms with Crippen LogP contribution in [0, 0.1) is 0 Å². The van der Waals surface area contributed by atoms with Crippen molar-refractivity contribution < 1.29 is 18.8 Å². The number of amides is 3. The number of nitrogens with one attached hydrogen (secondary N) is 4. The number of benzene rings is 1. The zero-order valence-electron chi connectivity index (χ0n) is 14.5. The van der Waals surface area contributed by atoms with E-state index in [-0.39, 0.29) is 49.5 Å². The molecule has 1 aromatic carbocycles. The predicted molar refractivity (Wildman–Crippen MR) is 97.1 cm³/mol. The number of rotatable bonds is 8. The Kier molecular flexibility index (Phi) is 5.83. The van der Waals surface area contributed by atoms with E-state index < -0.39 is 0 Å². The molecule has 0 aliphatic heterocycles. The van der Waals surface area contributed by atoms with Gasteiger partial charge in [-0.15, -0.1) is 0 Å². The summed E-state index contributed by atoms with van der Waals surface area (Å²) in [5, 5.41) is 15.5. The summed E-state index contributed by atoms with van der Waals surface area (Å²) in [6, 6.07) is 10.5. The number of para-hydroxylation sites is 1. The van der Waals surface area contributed by atoms with Gasteiger partial charge in [-0.05, 0) is 18.2 Å². The van der Waals surface area contributed by atoms with Crippen LogP contribution in [0.25, 0.3) is 10.9 Å². The molecular weight excluding hydrogens is 350 g/mol. The minimum absolute atomic E-state index is 0.129. The molecule has 2 aromatic heterocycles. The van der Waals surface area contributed by atoms with E-state index in [0.717, 1.165) is 10.9 Å². The van der Waals surface area contributed by atoms with E-state index in [9.17, 15) is 14.4 Å². The van der Waals surface area contributed by atoms with Crippen LogP contribution in [0.5, 0.6) is 0 Å². The summed E-state index contributed by atoms with van der Waals surface area (Å²) < 4.78 is 4.95. The quantitative estimate of drug-likeness (QED) is 0.437. The molecule has 0 radical (unpaired) electrons. The second-order valence-electron chi connectivity index (χ2n) is 5.71. The molecule has 9 nitrogen and oxygen atoms in total. The third-order valence-electron chi connectivity index (χ3n) is 3.80. The molecule has 3 aromatic rings. The first kappa shape index (κ1) is 18.2. The highest BCUT2D eigenvalue weighted by Crippen LogP contribution is 2.14. The second-order valence-corrected chi connectivity index (χ2v) is 5.71. The Hall–Kier alpha value is -3.62. The Balaban J connectivity index is 1.33. The molecule has 0 aliphatic rings. The number of nitrogens with zero attached hydrogens (tertiary/aromatic N) is 1. The second kappa shape index (κ2) is 8.65. The number of H-pyrrole nitrogens is 1. The maximum atomic E-state index is 12.2. The van der Waals surface area contributed by atoms with E-state index in [0.29, 0.717) is 5.69 Å². The van der Waals surface area contributed by atoms with E-state index in [4.69, 9.17) is 4.42 Å². The van der Waals surface area contributed by atoms with Gasteiger partial charge in [0.25, 0.3) is 11.8 Å². The third-order valence-corrected chi connectivity index (χ3v) is 3.80. The summed E-state index contributed by atoms with van der Waals surface area (Å²) in [5.41, 5.74) is 1.10. The number of carbonyl (C=O) groups is 3. The molecule has 27 heavy (non-hydrogen) atoms. The first-order valence-electron chi connectivity index (χ1n) is 8.45. The average Bonchev–Trinajstić information content (AvgIpc) is 3.34. The van der Waals surface area contributed by atoms with Crippen LogP contribution >= 0.6 is 0 Å². The summed E-state index contributed by atoms with van der Waals surface area (Å²) in [7, 11) is 0. The molecule has 0 saturated heterocycles. The Morgan fingerprint density at radius 3 is 2.52 bits per heavy atom. The zero-order chi connectivity index (χ0) is 19.1. The molecular formula is C18H19N5O4. The van der Waals surface area contributed by atoms with Crippen molar-refractivity contribution in [3.63, 3.8) is 0 Å². The number of carbonyl (C=O) groups excluding carboxylic acids is 3. The van der Waals surface area contributed by atoms with Gasteiger partial charge in [-0.25, -0.2) is 0 Å². The van der Waals surface area contributed by atoms with Crippen LogP contribution in [0.2, 0.25) is 0 Å². The minimum Gasteiger partial charge on any atom is -0.459 e. The molecule has 0 atom stereocenters. The number of hydrogen-bond acceptors (Lipinski definition) is 5.